The molecule has 0 amide bonds. The Kier molecular flexibility index (Phi) is 13.6. The number of pyridine rings is 1. The van der Waals surface area contributed by atoms with Gasteiger partial charge in [0, 0.05) is 61.6 Å². The molecule has 6 heteroatoms. The predicted molar refractivity (Wildman–Crippen MR) is 401 cm³/mol. The molecule has 446 valence electrons. The van der Waals surface area contributed by atoms with E-state index in [-0.39, 0.29) is 6.71 Å². The molecule has 16 aromatic rings. The number of hydrogen-bond donors (Lipinski definition) is 0. The first-order valence-corrected chi connectivity index (χ1v) is 32.7. The van der Waals surface area contributed by atoms with E-state index in [1.54, 1.807) is 0 Å². The molecule has 0 atom stereocenters. The molecule has 2 aliphatic rings. The van der Waals surface area contributed by atoms with Gasteiger partial charge in [-0.25, -0.2) is 4.98 Å². The number of nitrogens with zero attached hydrogens (tertiary/aromatic N) is 5. The molecule has 2 aromatic heterocycles. The number of aromatic nitrogens is 2. The van der Waals surface area contributed by atoms with Crippen LogP contribution in [0.1, 0.15) is 5.56 Å². The van der Waals surface area contributed by atoms with Crippen LogP contribution in [0.4, 0.5) is 34.1 Å². The summed E-state index contributed by atoms with van der Waals surface area (Å²) in [6, 6.07) is 130. The van der Waals surface area contributed by atoms with Gasteiger partial charge in [-0.3, -0.25) is 0 Å². The topological polar surface area (TPSA) is 48.1 Å². The monoisotopic (exact) mass is 1220 g/mol. The minimum absolute atomic E-state index is 0.156. The molecule has 0 spiro atoms. The fraction of sp³-hybridized carbons (Fsp3) is 0. The predicted octanol–water partition coefficient (Wildman–Crippen LogP) is 21.5. The zero-order valence-corrected chi connectivity index (χ0v) is 52.3. The summed E-state index contributed by atoms with van der Waals surface area (Å²) in [5.74, 6) is 0. The number of benzene rings is 14. The zero-order chi connectivity index (χ0) is 63.6. The number of hydrogen-bond acceptors (Lipinski definition) is 4. The first-order valence-electron chi connectivity index (χ1n) is 32.7. The van der Waals surface area contributed by atoms with Gasteiger partial charge in [-0.1, -0.05) is 255 Å². The van der Waals surface area contributed by atoms with E-state index in [1.807, 2.05) is 24.3 Å². The van der Waals surface area contributed by atoms with E-state index in [4.69, 9.17) is 4.98 Å². The maximum Gasteiger partial charge on any atom is 0.252 e. The summed E-state index contributed by atoms with van der Waals surface area (Å²) >= 11 is 0. The Balaban J connectivity index is 0.881. The number of anilines is 6. The van der Waals surface area contributed by atoms with Crippen molar-refractivity contribution in [1.29, 1.82) is 5.26 Å². The molecule has 18 rings (SSSR count). The van der Waals surface area contributed by atoms with Crippen molar-refractivity contribution < 1.29 is 0 Å². The van der Waals surface area contributed by atoms with Crippen molar-refractivity contribution in [2.45, 2.75) is 0 Å². The summed E-state index contributed by atoms with van der Waals surface area (Å²) in [6.45, 7) is -0.156. The molecule has 0 fully saturated rings. The summed E-state index contributed by atoms with van der Waals surface area (Å²) in [4.78, 5) is 10.3. The molecular formula is C90H58BN5. The first kappa shape index (κ1) is 56.0. The fourth-order valence-corrected chi connectivity index (χ4v) is 14.9. The Morgan fingerprint density at radius 2 is 0.656 bits per heavy atom. The Hall–Kier alpha value is -12.8. The molecule has 5 nitrogen and oxygen atoms in total. The van der Waals surface area contributed by atoms with E-state index >= 15 is 0 Å². The van der Waals surface area contributed by atoms with Crippen molar-refractivity contribution in [2.75, 3.05) is 9.80 Å². The van der Waals surface area contributed by atoms with E-state index in [0.717, 1.165) is 118 Å². The highest BCUT2D eigenvalue weighted by molar-refractivity contribution is 7.00. The summed E-state index contributed by atoms with van der Waals surface area (Å²) < 4.78 is 2.39. The lowest BCUT2D eigenvalue weighted by molar-refractivity contribution is 1.18. The van der Waals surface area contributed by atoms with Crippen LogP contribution >= 0.6 is 0 Å². The SMILES string of the molecule is N#Cc1ccc(-n2c3ccccc3c3cc(-c4cc5c6c(c4)N(c4ccc(-c7ccccc7)cc4)c4ccc(-c7ccccc7)cc4B6c4cc(-c6ccccc6)ccc4N5c4ccc(-c5ccccc5)cc4)ccc32)c(-c2cc(-c3ccccc3)nc(-c3ccccc3)c2)c1. The van der Waals surface area contributed by atoms with Gasteiger partial charge >= 0.3 is 0 Å². The highest BCUT2D eigenvalue weighted by atomic mass is 15.2. The molecular weight excluding hydrogens is 1160 g/mol. The fourth-order valence-electron chi connectivity index (χ4n) is 14.9. The van der Waals surface area contributed by atoms with E-state index in [0.29, 0.717) is 5.56 Å². The molecule has 14 aromatic carbocycles. The van der Waals surface area contributed by atoms with Crippen molar-refractivity contribution >= 4 is 79.0 Å². The summed E-state index contributed by atoms with van der Waals surface area (Å²) in [5, 5.41) is 12.8. The van der Waals surface area contributed by atoms with Crippen molar-refractivity contribution in [3.8, 4) is 101 Å². The smallest absolute Gasteiger partial charge is 0.252 e. The van der Waals surface area contributed by atoms with Crippen LogP contribution in [0.25, 0.3) is 117 Å². The van der Waals surface area contributed by atoms with Gasteiger partial charge in [0.05, 0.1) is 39.7 Å². The third kappa shape index (κ3) is 9.68. The minimum Gasteiger partial charge on any atom is -0.311 e. The molecule has 96 heavy (non-hydrogen) atoms. The maximum absolute atomic E-state index is 10.6. The van der Waals surface area contributed by atoms with Crippen LogP contribution in [-0.2, 0) is 0 Å². The Morgan fingerprint density at radius 1 is 0.271 bits per heavy atom. The Labute approximate surface area is 558 Å². The van der Waals surface area contributed by atoms with Gasteiger partial charge in [0.2, 0.25) is 0 Å². The van der Waals surface area contributed by atoms with Crippen LogP contribution in [0, 0.1) is 11.3 Å². The first-order chi connectivity index (χ1) is 47.5. The Morgan fingerprint density at radius 3 is 1.14 bits per heavy atom. The highest BCUT2D eigenvalue weighted by Gasteiger charge is 2.44. The van der Waals surface area contributed by atoms with Gasteiger partial charge in [0.25, 0.3) is 6.71 Å². The van der Waals surface area contributed by atoms with Gasteiger partial charge in [-0.05, 0) is 175 Å². The lowest BCUT2D eigenvalue weighted by Gasteiger charge is -2.44. The molecule has 0 aliphatic carbocycles. The van der Waals surface area contributed by atoms with Gasteiger partial charge in [-0.15, -0.1) is 0 Å². The largest absolute Gasteiger partial charge is 0.311 e. The van der Waals surface area contributed by atoms with E-state index in [1.165, 1.54) is 49.8 Å². The minimum atomic E-state index is -0.156. The van der Waals surface area contributed by atoms with Gasteiger partial charge in [0.1, 0.15) is 0 Å². The van der Waals surface area contributed by atoms with Crippen LogP contribution in [0.5, 0.6) is 0 Å². The van der Waals surface area contributed by atoms with Crippen LogP contribution in [0.2, 0.25) is 0 Å². The second kappa shape index (κ2) is 23.4. The molecule has 0 radical (unpaired) electrons. The van der Waals surface area contributed by atoms with Crippen molar-refractivity contribution in [3.05, 3.63) is 357 Å². The van der Waals surface area contributed by atoms with Crippen LogP contribution in [-0.4, -0.2) is 16.3 Å². The van der Waals surface area contributed by atoms with Crippen molar-refractivity contribution in [3.63, 3.8) is 0 Å². The molecule has 0 saturated heterocycles. The third-order valence-corrected chi connectivity index (χ3v) is 19.4. The highest BCUT2D eigenvalue weighted by Crippen LogP contribution is 2.49. The second-order valence-electron chi connectivity index (χ2n) is 24.9. The second-order valence-corrected chi connectivity index (χ2v) is 24.9. The standard InChI is InChI=1S/C90H58BN5/c92-59-60-35-47-84(77(51-60)73-55-81(67-29-15-5-16-30-67)93-82(56-73)68-31-17-6-18-32-68)96-83-34-20-19-33-76(83)78-52-69(40-48-85(78)96)72-57-88-90-89(58-72)95(75-45-38-66(39-46-75)62-23-9-2-10-24-62)87-50-42-71(64-27-13-4-14-28-64)54-80(87)91(90)79-53-70(63-25-11-3-12-26-63)41-49-86(79)94(88)74-43-36-65(37-44-74)61-21-7-1-8-22-61/h1-58H. The van der Waals surface area contributed by atoms with Gasteiger partial charge < -0.3 is 14.4 Å². The van der Waals surface area contributed by atoms with E-state index in [9.17, 15) is 5.26 Å². The summed E-state index contributed by atoms with van der Waals surface area (Å²) in [5.41, 5.74) is 31.2. The van der Waals surface area contributed by atoms with Gasteiger partial charge in [-0.2, -0.15) is 5.26 Å². The molecule has 0 saturated carbocycles. The normalized spacial score (nSPS) is 12.1. The number of rotatable bonds is 11. The number of fused-ring (bicyclic) bond motifs is 7. The maximum atomic E-state index is 10.6. The number of para-hydroxylation sites is 1. The van der Waals surface area contributed by atoms with Crippen LogP contribution < -0.4 is 26.2 Å². The molecule has 4 heterocycles. The molecule has 0 bridgehead atoms. The summed E-state index contributed by atoms with van der Waals surface area (Å²) in [7, 11) is 0. The average Bonchev–Trinajstić information content (AvgIpc) is 0.781. The molecule has 0 unspecified atom stereocenters. The molecule has 0 N–H and O–H groups in total. The van der Waals surface area contributed by atoms with Crippen LogP contribution in [0.3, 0.4) is 0 Å². The van der Waals surface area contributed by atoms with E-state index < -0.39 is 0 Å². The van der Waals surface area contributed by atoms with Crippen molar-refractivity contribution in [2.24, 2.45) is 0 Å². The zero-order valence-electron chi connectivity index (χ0n) is 52.3. The lowest BCUT2D eigenvalue weighted by atomic mass is 9.33. The van der Waals surface area contributed by atoms with E-state index in [2.05, 4.69) is 348 Å². The average molecular weight is 1220 g/mol. The quantitative estimate of drug-likeness (QED) is 0.121. The van der Waals surface area contributed by atoms with Crippen LogP contribution in [0.15, 0.2) is 352 Å². The number of nitriles is 1. The van der Waals surface area contributed by atoms with Crippen molar-refractivity contribution in [1.82, 2.24) is 9.55 Å². The lowest BCUT2D eigenvalue weighted by Crippen LogP contribution is -2.61. The Bertz CT molecular complexity index is 5440. The summed E-state index contributed by atoms with van der Waals surface area (Å²) in [6.07, 6.45) is 0. The molecule has 2 aliphatic heterocycles. The third-order valence-electron chi connectivity index (χ3n) is 19.4. The van der Waals surface area contributed by atoms with Gasteiger partial charge in [0.15, 0.2) is 0 Å².